The molecule has 1 amide bonds. The Kier molecular flexibility index (Phi) is 4.22. The molecule has 4 heteroatoms. The van der Waals surface area contributed by atoms with Crippen molar-refractivity contribution in [3.8, 4) is 5.75 Å². The Morgan fingerprint density at radius 2 is 1.79 bits per heavy atom. The zero-order valence-corrected chi connectivity index (χ0v) is 12.1. The molecule has 0 aliphatic carbocycles. The molecule has 0 bridgehead atoms. The summed E-state index contributed by atoms with van der Waals surface area (Å²) >= 11 is 3.37. The zero-order chi connectivity index (χ0) is 13.8. The van der Waals surface area contributed by atoms with Gasteiger partial charge in [-0.2, -0.15) is 0 Å². The SMILES string of the molecule is CN(Cc1ccccc1O)C(=O)c1ccccc1Br. The predicted octanol–water partition coefficient (Wildman–Crippen LogP) is 3.43. The van der Waals surface area contributed by atoms with Crippen LogP contribution in [0.5, 0.6) is 5.75 Å². The van der Waals surface area contributed by atoms with Gasteiger partial charge in [0.25, 0.3) is 5.91 Å². The van der Waals surface area contributed by atoms with E-state index in [2.05, 4.69) is 15.9 Å². The number of para-hydroxylation sites is 1. The molecular weight excluding hydrogens is 306 g/mol. The minimum Gasteiger partial charge on any atom is -0.508 e. The topological polar surface area (TPSA) is 40.5 Å². The van der Waals surface area contributed by atoms with E-state index in [4.69, 9.17) is 0 Å². The average molecular weight is 320 g/mol. The Bertz CT molecular complexity index is 598. The second-order valence-electron chi connectivity index (χ2n) is 4.27. The summed E-state index contributed by atoms with van der Waals surface area (Å²) in [5.41, 5.74) is 1.34. The number of hydrogen-bond donors (Lipinski definition) is 1. The fraction of sp³-hybridized carbons (Fsp3) is 0.133. The van der Waals surface area contributed by atoms with Crippen LogP contribution in [-0.4, -0.2) is 23.0 Å². The predicted molar refractivity (Wildman–Crippen MR) is 78.0 cm³/mol. The summed E-state index contributed by atoms with van der Waals surface area (Å²) in [5, 5.41) is 9.72. The maximum atomic E-state index is 12.3. The number of carbonyl (C=O) groups is 1. The average Bonchev–Trinajstić information content (AvgIpc) is 2.41. The number of phenols is 1. The quantitative estimate of drug-likeness (QED) is 0.941. The summed E-state index contributed by atoms with van der Waals surface area (Å²) in [6.45, 7) is 0.368. The van der Waals surface area contributed by atoms with Gasteiger partial charge >= 0.3 is 0 Å². The van der Waals surface area contributed by atoms with Gasteiger partial charge in [0, 0.05) is 23.6 Å². The molecule has 1 N–H and O–H groups in total. The van der Waals surface area contributed by atoms with Crippen molar-refractivity contribution < 1.29 is 9.90 Å². The van der Waals surface area contributed by atoms with E-state index in [0.29, 0.717) is 12.1 Å². The fourth-order valence-electron chi connectivity index (χ4n) is 1.81. The van der Waals surface area contributed by atoms with Crippen LogP contribution in [0.25, 0.3) is 0 Å². The van der Waals surface area contributed by atoms with E-state index in [9.17, 15) is 9.90 Å². The first kappa shape index (κ1) is 13.6. The van der Waals surface area contributed by atoms with Crippen molar-refractivity contribution in [1.82, 2.24) is 4.90 Å². The third-order valence-corrected chi connectivity index (χ3v) is 3.54. The van der Waals surface area contributed by atoms with Gasteiger partial charge in [0.2, 0.25) is 0 Å². The van der Waals surface area contributed by atoms with Crippen molar-refractivity contribution in [3.05, 3.63) is 64.1 Å². The van der Waals surface area contributed by atoms with Crippen molar-refractivity contribution >= 4 is 21.8 Å². The highest BCUT2D eigenvalue weighted by atomic mass is 79.9. The first-order valence-corrected chi connectivity index (χ1v) is 6.66. The molecule has 0 aliphatic heterocycles. The fourth-order valence-corrected chi connectivity index (χ4v) is 2.27. The first-order chi connectivity index (χ1) is 9.09. The number of nitrogens with zero attached hydrogens (tertiary/aromatic N) is 1. The third kappa shape index (κ3) is 3.15. The Morgan fingerprint density at radius 3 is 2.47 bits per heavy atom. The summed E-state index contributed by atoms with van der Waals surface area (Å²) in [7, 11) is 1.72. The van der Waals surface area contributed by atoms with E-state index >= 15 is 0 Å². The normalized spacial score (nSPS) is 10.2. The van der Waals surface area contributed by atoms with Gasteiger partial charge in [-0.15, -0.1) is 0 Å². The highest BCUT2D eigenvalue weighted by molar-refractivity contribution is 9.10. The Morgan fingerprint density at radius 1 is 1.16 bits per heavy atom. The number of rotatable bonds is 3. The minimum absolute atomic E-state index is 0.0873. The molecule has 0 unspecified atom stereocenters. The van der Waals surface area contributed by atoms with Crippen LogP contribution in [0, 0.1) is 0 Å². The molecule has 2 aromatic carbocycles. The third-order valence-electron chi connectivity index (χ3n) is 2.85. The molecule has 0 aliphatic rings. The molecular formula is C15H14BrNO2. The maximum absolute atomic E-state index is 12.3. The standard InChI is InChI=1S/C15H14BrNO2/c1-17(10-11-6-2-5-9-14(11)18)15(19)12-7-3-4-8-13(12)16/h2-9,18H,10H2,1H3. The van der Waals surface area contributed by atoms with Crippen LogP contribution >= 0.6 is 15.9 Å². The largest absolute Gasteiger partial charge is 0.508 e. The monoisotopic (exact) mass is 319 g/mol. The van der Waals surface area contributed by atoms with E-state index in [0.717, 1.165) is 10.0 Å². The molecule has 0 radical (unpaired) electrons. The molecule has 0 heterocycles. The van der Waals surface area contributed by atoms with Crippen LogP contribution in [0.15, 0.2) is 53.0 Å². The van der Waals surface area contributed by atoms with E-state index in [1.807, 2.05) is 24.3 Å². The van der Waals surface area contributed by atoms with E-state index in [-0.39, 0.29) is 11.7 Å². The molecule has 19 heavy (non-hydrogen) atoms. The van der Waals surface area contributed by atoms with Gasteiger partial charge in [0.15, 0.2) is 0 Å². The minimum atomic E-state index is -0.0873. The number of carbonyl (C=O) groups excluding carboxylic acids is 1. The summed E-state index contributed by atoms with van der Waals surface area (Å²) in [6, 6.07) is 14.3. The van der Waals surface area contributed by atoms with Gasteiger partial charge in [-0.1, -0.05) is 30.3 Å². The van der Waals surface area contributed by atoms with Crippen molar-refractivity contribution in [2.45, 2.75) is 6.54 Å². The van der Waals surface area contributed by atoms with Crippen molar-refractivity contribution in [1.29, 1.82) is 0 Å². The highest BCUT2D eigenvalue weighted by Crippen LogP contribution is 2.21. The van der Waals surface area contributed by atoms with Crippen LogP contribution in [-0.2, 0) is 6.54 Å². The number of aromatic hydroxyl groups is 1. The van der Waals surface area contributed by atoms with Gasteiger partial charge in [-0.3, -0.25) is 4.79 Å². The number of halogens is 1. The summed E-state index contributed by atoms with van der Waals surface area (Å²) in [4.78, 5) is 13.9. The van der Waals surface area contributed by atoms with E-state index < -0.39 is 0 Å². The van der Waals surface area contributed by atoms with Gasteiger partial charge in [-0.25, -0.2) is 0 Å². The maximum Gasteiger partial charge on any atom is 0.255 e. The Hall–Kier alpha value is -1.81. The van der Waals surface area contributed by atoms with Crippen molar-refractivity contribution in [2.24, 2.45) is 0 Å². The number of benzene rings is 2. The molecule has 98 valence electrons. The molecule has 0 aromatic heterocycles. The van der Waals surface area contributed by atoms with Gasteiger partial charge in [0.1, 0.15) is 5.75 Å². The van der Waals surface area contributed by atoms with Crippen molar-refractivity contribution in [3.63, 3.8) is 0 Å². The molecule has 2 rings (SSSR count). The van der Waals surface area contributed by atoms with Crippen LogP contribution in [0.4, 0.5) is 0 Å². The first-order valence-electron chi connectivity index (χ1n) is 5.86. The van der Waals surface area contributed by atoms with Gasteiger partial charge < -0.3 is 10.0 Å². The molecule has 0 atom stereocenters. The molecule has 3 nitrogen and oxygen atoms in total. The van der Waals surface area contributed by atoms with E-state index in [1.165, 1.54) is 0 Å². The van der Waals surface area contributed by atoms with Crippen LogP contribution in [0.2, 0.25) is 0 Å². The summed E-state index contributed by atoms with van der Waals surface area (Å²) in [6.07, 6.45) is 0. The molecule has 0 fully saturated rings. The highest BCUT2D eigenvalue weighted by Gasteiger charge is 2.15. The van der Waals surface area contributed by atoms with Gasteiger partial charge in [0.05, 0.1) is 5.56 Å². The lowest BCUT2D eigenvalue weighted by Gasteiger charge is -2.18. The summed E-state index contributed by atoms with van der Waals surface area (Å²) < 4.78 is 0.768. The van der Waals surface area contributed by atoms with Gasteiger partial charge in [-0.05, 0) is 34.1 Å². The lowest BCUT2D eigenvalue weighted by molar-refractivity contribution is 0.0783. The van der Waals surface area contributed by atoms with Crippen LogP contribution < -0.4 is 0 Å². The Labute approximate surface area is 120 Å². The number of phenolic OH excluding ortho intramolecular Hbond substituents is 1. The summed E-state index contributed by atoms with van der Waals surface area (Å²) in [5.74, 6) is 0.116. The van der Waals surface area contributed by atoms with Crippen LogP contribution in [0.3, 0.4) is 0 Å². The number of amides is 1. The Balaban J connectivity index is 2.17. The molecule has 0 spiro atoms. The lowest BCUT2D eigenvalue weighted by Crippen LogP contribution is -2.26. The zero-order valence-electron chi connectivity index (χ0n) is 10.5. The molecule has 0 saturated carbocycles. The molecule has 2 aromatic rings. The number of hydrogen-bond acceptors (Lipinski definition) is 2. The van der Waals surface area contributed by atoms with Crippen LogP contribution in [0.1, 0.15) is 15.9 Å². The van der Waals surface area contributed by atoms with Crippen molar-refractivity contribution in [2.75, 3.05) is 7.05 Å². The van der Waals surface area contributed by atoms with E-state index in [1.54, 1.807) is 36.2 Å². The second kappa shape index (κ2) is 5.89. The molecule has 0 saturated heterocycles. The lowest BCUT2D eigenvalue weighted by atomic mass is 10.1. The second-order valence-corrected chi connectivity index (χ2v) is 5.12. The smallest absolute Gasteiger partial charge is 0.255 e.